The molecule has 1 aliphatic heterocycles. The van der Waals surface area contributed by atoms with E-state index < -0.39 is 0 Å². The fraction of sp³-hybridized carbons (Fsp3) is 0.273. The van der Waals surface area contributed by atoms with E-state index in [-0.39, 0.29) is 24.3 Å². The van der Waals surface area contributed by atoms with Gasteiger partial charge >= 0.3 is 0 Å². The number of carbonyl (C=O) groups is 2. The Bertz CT molecular complexity index is 1010. The molecule has 1 aromatic heterocycles. The SMILES string of the molecule is O=C(CN1CCCC1=O)NC[C@H](c1ccccc1Cl)c1c[nH]c2ccccc12. The maximum Gasteiger partial charge on any atom is 0.239 e. The van der Waals surface area contributed by atoms with Crippen molar-refractivity contribution >= 4 is 34.3 Å². The molecule has 1 atom stereocenters. The lowest BCUT2D eigenvalue weighted by Gasteiger charge is -2.21. The first kappa shape index (κ1) is 18.6. The van der Waals surface area contributed by atoms with Crippen LogP contribution >= 0.6 is 11.6 Å². The molecule has 1 aliphatic rings. The zero-order valence-corrected chi connectivity index (χ0v) is 16.2. The van der Waals surface area contributed by atoms with Gasteiger partial charge in [-0.15, -0.1) is 0 Å². The van der Waals surface area contributed by atoms with Gasteiger partial charge in [-0.1, -0.05) is 48.0 Å². The molecule has 0 saturated carbocycles. The lowest BCUT2D eigenvalue weighted by Crippen LogP contribution is -2.39. The first-order valence-electron chi connectivity index (χ1n) is 9.48. The molecule has 2 heterocycles. The van der Waals surface area contributed by atoms with Crippen LogP contribution in [0.5, 0.6) is 0 Å². The van der Waals surface area contributed by atoms with Gasteiger partial charge in [-0.25, -0.2) is 0 Å². The minimum atomic E-state index is -0.146. The predicted octanol–water partition coefficient (Wildman–Crippen LogP) is 3.69. The third-order valence-corrected chi connectivity index (χ3v) is 5.63. The molecule has 1 saturated heterocycles. The van der Waals surface area contributed by atoms with Gasteiger partial charge in [0.1, 0.15) is 0 Å². The van der Waals surface area contributed by atoms with Gasteiger partial charge in [-0.05, 0) is 29.7 Å². The summed E-state index contributed by atoms with van der Waals surface area (Å²) in [6.45, 7) is 1.18. The summed E-state index contributed by atoms with van der Waals surface area (Å²) in [5.41, 5.74) is 3.09. The lowest BCUT2D eigenvalue weighted by atomic mass is 9.90. The number of nitrogens with zero attached hydrogens (tertiary/aromatic N) is 1. The number of hydrogen-bond donors (Lipinski definition) is 2. The molecule has 6 heteroatoms. The largest absolute Gasteiger partial charge is 0.361 e. The van der Waals surface area contributed by atoms with E-state index in [2.05, 4.69) is 16.4 Å². The summed E-state index contributed by atoms with van der Waals surface area (Å²) >= 11 is 6.48. The third kappa shape index (κ3) is 3.76. The van der Waals surface area contributed by atoms with E-state index in [4.69, 9.17) is 11.6 Å². The number of likely N-dealkylation sites (tertiary alicyclic amines) is 1. The number of benzene rings is 2. The fourth-order valence-corrected chi connectivity index (χ4v) is 4.11. The number of carbonyl (C=O) groups excluding carboxylic acids is 2. The van der Waals surface area contributed by atoms with Gasteiger partial charge in [0.05, 0.1) is 6.54 Å². The van der Waals surface area contributed by atoms with E-state index >= 15 is 0 Å². The minimum Gasteiger partial charge on any atom is -0.361 e. The normalized spacial score (nSPS) is 15.2. The summed E-state index contributed by atoms with van der Waals surface area (Å²) in [5, 5.41) is 4.78. The Morgan fingerprint density at radius 1 is 1.14 bits per heavy atom. The summed E-state index contributed by atoms with van der Waals surface area (Å²) in [7, 11) is 0. The van der Waals surface area contributed by atoms with Crippen molar-refractivity contribution in [3.05, 3.63) is 70.9 Å². The molecule has 1 fully saturated rings. The number of nitrogens with one attached hydrogen (secondary N) is 2. The summed E-state index contributed by atoms with van der Waals surface area (Å²) in [5.74, 6) is -0.190. The van der Waals surface area contributed by atoms with Crippen LogP contribution in [-0.2, 0) is 9.59 Å². The topological polar surface area (TPSA) is 65.2 Å². The Balaban J connectivity index is 1.58. The summed E-state index contributed by atoms with van der Waals surface area (Å²) < 4.78 is 0. The van der Waals surface area contributed by atoms with E-state index in [9.17, 15) is 9.59 Å². The Morgan fingerprint density at radius 2 is 1.93 bits per heavy atom. The number of aromatic amines is 1. The van der Waals surface area contributed by atoms with Gasteiger partial charge in [0, 0.05) is 47.6 Å². The molecule has 0 radical (unpaired) electrons. The van der Waals surface area contributed by atoms with Crippen LogP contribution in [0.25, 0.3) is 10.9 Å². The van der Waals surface area contributed by atoms with Crippen molar-refractivity contribution in [1.29, 1.82) is 0 Å². The number of rotatable bonds is 6. The number of aromatic nitrogens is 1. The Hall–Kier alpha value is -2.79. The van der Waals surface area contributed by atoms with Gasteiger partial charge in [0.2, 0.25) is 11.8 Å². The Kier molecular flexibility index (Phi) is 5.35. The van der Waals surface area contributed by atoms with Crippen LogP contribution in [-0.4, -0.2) is 41.3 Å². The van der Waals surface area contributed by atoms with Crippen LogP contribution in [0.1, 0.15) is 29.9 Å². The molecule has 5 nitrogen and oxygen atoms in total. The average molecular weight is 396 g/mol. The zero-order chi connectivity index (χ0) is 19.5. The molecule has 0 unspecified atom stereocenters. The molecule has 28 heavy (non-hydrogen) atoms. The second-order valence-electron chi connectivity index (χ2n) is 7.09. The highest BCUT2D eigenvalue weighted by Gasteiger charge is 2.24. The molecule has 3 aromatic rings. The molecule has 0 spiro atoms. The maximum absolute atomic E-state index is 12.5. The van der Waals surface area contributed by atoms with Gasteiger partial charge in [-0.3, -0.25) is 9.59 Å². The summed E-state index contributed by atoms with van der Waals surface area (Å²) in [6.07, 6.45) is 3.34. The van der Waals surface area contributed by atoms with Crippen molar-refractivity contribution in [3.8, 4) is 0 Å². The van der Waals surface area contributed by atoms with E-state index in [1.807, 2.05) is 48.7 Å². The molecule has 4 rings (SSSR count). The van der Waals surface area contributed by atoms with Gasteiger partial charge < -0.3 is 15.2 Å². The zero-order valence-electron chi connectivity index (χ0n) is 15.5. The number of hydrogen-bond acceptors (Lipinski definition) is 2. The van der Waals surface area contributed by atoms with E-state index in [1.165, 1.54) is 0 Å². The van der Waals surface area contributed by atoms with Crippen molar-refractivity contribution in [3.63, 3.8) is 0 Å². The minimum absolute atomic E-state index is 0.0504. The smallest absolute Gasteiger partial charge is 0.239 e. The molecule has 2 aromatic carbocycles. The first-order valence-corrected chi connectivity index (χ1v) is 9.86. The van der Waals surface area contributed by atoms with Gasteiger partial charge in [0.25, 0.3) is 0 Å². The highest BCUT2D eigenvalue weighted by atomic mass is 35.5. The molecule has 0 bridgehead atoms. The molecular weight excluding hydrogens is 374 g/mol. The van der Waals surface area contributed by atoms with Crippen molar-refractivity contribution in [2.24, 2.45) is 0 Å². The highest BCUT2D eigenvalue weighted by Crippen LogP contribution is 2.34. The number of para-hydroxylation sites is 1. The van der Waals surface area contributed by atoms with Crippen molar-refractivity contribution in [2.75, 3.05) is 19.6 Å². The second-order valence-corrected chi connectivity index (χ2v) is 7.49. The first-order chi connectivity index (χ1) is 13.6. The van der Waals surface area contributed by atoms with Crippen LogP contribution < -0.4 is 5.32 Å². The van der Waals surface area contributed by atoms with Crippen LogP contribution in [0.3, 0.4) is 0 Å². The van der Waals surface area contributed by atoms with E-state index in [0.717, 1.165) is 28.5 Å². The molecule has 2 amide bonds. The standard InChI is InChI=1S/C22H22ClN3O2/c23-19-8-3-1-6-15(19)17(18-12-24-20-9-4-2-7-16(18)20)13-25-21(27)14-26-11-5-10-22(26)28/h1-4,6-9,12,17,24H,5,10-11,13-14H2,(H,25,27)/t17-/m1/s1. The monoisotopic (exact) mass is 395 g/mol. The van der Waals surface area contributed by atoms with Crippen molar-refractivity contribution in [2.45, 2.75) is 18.8 Å². The predicted molar refractivity (Wildman–Crippen MR) is 110 cm³/mol. The van der Waals surface area contributed by atoms with Crippen molar-refractivity contribution in [1.82, 2.24) is 15.2 Å². The van der Waals surface area contributed by atoms with Crippen LogP contribution in [0.4, 0.5) is 0 Å². The maximum atomic E-state index is 12.5. The number of H-pyrrole nitrogens is 1. The molecule has 144 valence electrons. The molecule has 0 aliphatic carbocycles. The quantitative estimate of drug-likeness (QED) is 0.668. The molecule has 2 N–H and O–H groups in total. The van der Waals surface area contributed by atoms with Crippen molar-refractivity contribution < 1.29 is 9.59 Å². The average Bonchev–Trinajstić information content (AvgIpc) is 3.30. The van der Waals surface area contributed by atoms with Crippen LogP contribution in [0, 0.1) is 0 Å². The Morgan fingerprint density at radius 3 is 2.71 bits per heavy atom. The van der Waals surface area contributed by atoms with Crippen LogP contribution in [0.15, 0.2) is 54.7 Å². The lowest BCUT2D eigenvalue weighted by molar-refractivity contribution is -0.133. The van der Waals surface area contributed by atoms with Gasteiger partial charge in [0.15, 0.2) is 0 Å². The van der Waals surface area contributed by atoms with Crippen LogP contribution in [0.2, 0.25) is 5.02 Å². The Labute approximate surface area is 168 Å². The summed E-state index contributed by atoms with van der Waals surface area (Å²) in [4.78, 5) is 29.1. The van der Waals surface area contributed by atoms with E-state index in [1.54, 1.807) is 4.90 Å². The molecular formula is C22H22ClN3O2. The van der Waals surface area contributed by atoms with Gasteiger partial charge in [-0.2, -0.15) is 0 Å². The second kappa shape index (κ2) is 8.07. The number of fused-ring (bicyclic) bond motifs is 1. The number of halogens is 1. The number of amides is 2. The summed E-state index contributed by atoms with van der Waals surface area (Å²) in [6, 6.07) is 15.8. The van der Waals surface area contributed by atoms with E-state index in [0.29, 0.717) is 24.5 Å². The fourth-order valence-electron chi connectivity index (χ4n) is 3.84. The third-order valence-electron chi connectivity index (χ3n) is 5.29. The highest BCUT2D eigenvalue weighted by molar-refractivity contribution is 6.31.